The van der Waals surface area contributed by atoms with Crippen molar-refractivity contribution in [1.29, 1.82) is 0 Å². The maximum absolute atomic E-state index is 7.25. The summed E-state index contributed by atoms with van der Waals surface area (Å²) in [4.78, 5) is 14.5. The smallest absolute Gasteiger partial charge is 0 e. The molecule has 5 heteroatoms. The van der Waals surface area contributed by atoms with Crippen LogP contribution in [0.2, 0.25) is 0 Å². The molecule has 0 aromatic carbocycles. The Morgan fingerprint density at radius 3 is 1.40 bits per heavy atom. The SMILES string of the molecule is CC1=[C-]C(C)(C)C(C)=C1C.[N-]=O.[N-]=O.[W]. The van der Waals surface area contributed by atoms with Gasteiger partial charge in [-0.3, -0.25) is 6.08 Å². The summed E-state index contributed by atoms with van der Waals surface area (Å²) < 4.78 is 0. The van der Waals surface area contributed by atoms with Gasteiger partial charge in [-0.15, -0.1) is 6.92 Å². The van der Waals surface area contributed by atoms with Crippen molar-refractivity contribution in [2.24, 2.45) is 5.41 Å². The van der Waals surface area contributed by atoms with Gasteiger partial charge in [0.2, 0.25) is 0 Å². The van der Waals surface area contributed by atoms with E-state index in [-0.39, 0.29) is 26.5 Å². The summed E-state index contributed by atoms with van der Waals surface area (Å²) in [7, 11) is 0. The van der Waals surface area contributed by atoms with Gasteiger partial charge in [0.1, 0.15) is 0 Å². The zero-order valence-corrected chi connectivity index (χ0v) is 12.6. The molecule has 0 spiro atoms. The maximum atomic E-state index is 7.25. The number of nitroso groups, excluding NO2 is 2. The molecule has 1 rings (SSSR count). The van der Waals surface area contributed by atoms with Gasteiger partial charge in [-0.05, 0) is 0 Å². The topological polar surface area (TPSA) is 78.7 Å². The molecule has 0 heterocycles. The Morgan fingerprint density at radius 2 is 1.33 bits per heavy atom. The van der Waals surface area contributed by atoms with E-state index in [1.54, 1.807) is 0 Å². The predicted octanol–water partition coefficient (Wildman–Crippen LogP) is 3.75. The van der Waals surface area contributed by atoms with Gasteiger partial charge in [0, 0.05) is 21.1 Å². The second-order valence-corrected chi connectivity index (χ2v) is 3.62. The van der Waals surface area contributed by atoms with Crippen molar-refractivity contribution in [3.63, 3.8) is 0 Å². The van der Waals surface area contributed by atoms with Crippen molar-refractivity contribution < 1.29 is 21.1 Å². The van der Waals surface area contributed by atoms with Crippen LogP contribution in [0.1, 0.15) is 34.6 Å². The molecular formula is C10H15N2O2W-3. The van der Waals surface area contributed by atoms with E-state index in [2.05, 4.69) is 40.7 Å². The molecule has 0 aromatic heterocycles. The third-order valence-corrected chi connectivity index (χ3v) is 2.56. The molecular weight excluding hydrogens is 364 g/mol. The molecule has 0 N–H and O–H groups in total. The largest absolute Gasteiger partial charge is 0.577 e. The van der Waals surface area contributed by atoms with Crippen molar-refractivity contribution in [2.45, 2.75) is 34.6 Å². The van der Waals surface area contributed by atoms with Gasteiger partial charge in [-0.25, -0.2) is 5.57 Å². The Balaban J connectivity index is -0.000000258. The van der Waals surface area contributed by atoms with Crippen LogP contribution in [-0.2, 0) is 21.1 Å². The van der Waals surface area contributed by atoms with Gasteiger partial charge in [0.15, 0.2) is 0 Å². The summed E-state index contributed by atoms with van der Waals surface area (Å²) >= 11 is 0. The van der Waals surface area contributed by atoms with E-state index in [0.717, 1.165) is 0 Å². The summed E-state index contributed by atoms with van der Waals surface area (Å²) in [5, 5.41) is 0. The minimum atomic E-state index is 0. The molecule has 1 aliphatic carbocycles. The maximum Gasteiger partial charge on any atom is 0 e. The van der Waals surface area contributed by atoms with Gasteiger partial charge in [0.25, 0.3) is 0 Å². The molecule has 0 bridgehead atoms. The van der Waals surface area contributed by atoms with Crippen LogP contribution in [0.5, 0.6) is 0 Å². The van der Waals surface area contributed by atoms with E-state index in [0.29, 0.717) is 0 Å². The molecule has 15 heavy (non-hydrogen) atoms. The second-order valence-electron chi connectivity index (χ2n) is 3.62. The Kier molecular flexibility index (Phi) is 11.5. The van der Waals surface area contributed by atoms with Gasteiger partial charge < -0.3 is 21.0 Å². The summed E-state index contributed by atoms with van der Waals surface area (Å²) in [6, 6.07) is 0. The third-order valence-electron chi connectivity index (χ3n) is 2.56. The second kappa shape index (κ2) is 8.66. The van der Waals surface area contributed by atoms with E-state index < -0.39 is 0 Å². The van der Waals surface area contributed by atoms with Crippen LogP contribution in [-0.4, -0.2) is 0 Å². The Labute approximate surface area is 105 Å². The molecule has 0 unspecified atom stereocenters. The quantitative estimate of drug-likeness (QED) is 0.601. The molecule has 1 aliphatic rings. The average molecular weight is 379 g/mol. The van der Waals surface area contributed by atoms with E-state index in [1.807, 2.05) is 0 Å². The number of hydrogen-bond acceptors (Lipinski definition) is 2. The fraction of sp³-hybridized carbons (Fsp3) is 0.600. The molecule has 0 saturated carbocycles. The van der Waals surface area contributed by atoms with Crippen LogP contribution < -0.4 is 0 Å². The normalized spacial score (nSPS) is 16.2. The molecule has 4 nitrogen and oxygen atoms in total. The number of allylic oxidation sites excluding steroid dienone is 4. The van der Waals surface area contributed by atoms with E-state index in [1.165, 1.54) is 16.7 Å². The molecule has 0 radical (unpaired) electrons. The Bertz CT molecular complexity index is 258. The average Bonchev–Trinajstić information content (AvgIpc) is 2.36. The molecule has 0 amide bonds. The first-order valence-corrected chi connectivity index (χ1v) is 4.12. The first kappa shape index (κ1) is 19.9. The summed E-state index contributed by atoms with van der Waals surface area (Å²) in [6.45, 7) is 10.9. The van der Waals surface area contributed by atoms with E-state index >= 15 is 0 Å². The van der Waals surface area contributed by atoms with Gasteiger partial charge in [-0.2, -0.15) is 11.1 Å². The number of hydrogen-bond donors (Lipinski definition) is 0. The third kappa shape index (κ3) is 5.12. The van der Waals surface area contributed by atoms with Gasteiger partial charge in [-0.1, -0.05) is 33.1 Å². The van der Waals surface area contributed by atoms with Crippen LogP contribution in [0.3, 0.4) is 0 Å². The number of nitrogens with zero attached hydrogens (tertiary/aromatic N) is 2. The van der Waals surface area contributed by atoms with Crippen molar-refractivity contribution >= 4 is 0 Å². The molecule has 0 aliphatic heterocycles. The van der Waals surface area contributed by atoms with Crippen LogP contribution in [0.15, 0.2) is 16.7 Å². The molecule has 0 atom stereocenters. The van der Waals surface area contributed by atoms with Crippen molar-refractivity contribution in [2.75, 3.05) is 0 Å². The Hall–Kier alpha value is -0.632. The first-order valence-electron chi connectivity index (χ1n) is 4.12. The Morgan fingerprint density at radius 1 is 1.00 bits per heavy atom. The van der Waals surface area contributed by atoms with E-state index in [9.17, 15) is 0 Å². The minimum Gasteiger partial charge on any atom is -0.577 e. The standard InChI is InChI=1S/C10H15.2NO.W/c1-7-6-10(4,5)9(3)8(7)2;2*1-2;/h1-5H3;;;/q3*-1;. The molecule has 0 aromatic rings. The minimum absolute atomic E-state index is 0. The van der Waals surface area contributed by atoms with Crippen LogP contribution in [0.4, 0.5) is 0 Å². The van der Waals surface area contributed by atoms with Crippen LogP contribution in [0, 0.1) is 21.3 Å². The summed E-state index contributed by atoms with van der Waals surface area (Å²) in [5.41, 5.74) is 15.9. The van der Waals surface area contributed by atoms with Crippen molar-refractivity contribution in [1.82, 2.24) is 0 Å². The summed E-state index contributed by atoms with van der Waals surface area (Å²) in [6.07, 6.45) is 3.44. The fourth-order valence-corrected chi connectivity index (χ4v) is 1.41. The molecule has 0 saturated heterocycles. The fourth-order valence-electron chi connectivity index (χ4n) is 1.41. The van der Waals surface area contributed by atoms with Crippen LogP contribution >= 0.6 is 0 Å². The molecule has 0 fully saturated rings. The van der Waals surface area contributed by atoms with Gasteiger partial charge >= 0.3 is 0 Å². The first-order chi connectivity index (χ1) is 6.45. The van der Waals surface area contributed by atoms with Gasteiger partial charge in [0.05, 0.1) is 0 Å². The van der Waals surface area contributed by atoms with E-state index in [4.69, 9.17) is 21.0 Å². The predicted molar refractivity (Wildman–Crippen MR) is 58.0 cm³/mol. The van der Waals surface area contributed by atoms with Crippen molar-refractivity contribution in [3.8, 4) is 0 Å². The number of rotatable bonds is 0. The zero-order valence-electron chi connectivity index (χ0n) is 9.62. The molecule has 86 valence electrons. The van der Waals surface area contributed by atoms with Crippen molar-refractivity contribution in [3.05, 3.63) is 43.8 Å². The summed E-state index contributed by atoms with van der Waals surface area (Å²) in [5.74, 6) is 0. The monoisotopic (exact) mass is 379 g/mol. The zero-order chi connectivity index (χ0) is 11.9. The van der Waals surface area contributed by atoms with Crippen LogP contribution in [0.25, 0.3) is 11.2 Å².